The van der Waals surface area contributed by atoms with Crippen molar-refractivity contribution in [2.24, 2.45) is 5.73 Å². The molecule has 2 unspecified atom stereocenters. The molecule has 1 aliphatic heterocycles. The lowest BCUT2D eigenvalue weighted by atomic mass is 10.0. The van der Waals surface area contributed by atoms with E-state index < -0.39 is 0 Å². The van der Waals surface area contributed by atoms with Gasteiger partial charge in [-0.3, -0.25) is 0 Å². The molecule has 4 heteroatoms. The average Bonchev–Trinajstić information content (AvgIpc) is 2.66. The second kappa shape index (κ2) is 5.75. The van der Waals surface area contributed by atoms with Crippen LogP contribution in [0.1, 0.15) is 36.9 Å². The fourth-order valence-corrected chi connectivity index (χ4v) is 3.06. The van der Waals surface area contributed by atoms with E-state index in [2.05, 4.69) is 15.7 Å². The number of hydrogen-bond acceptors (Lipinski definition) is 4. The van der Waals surface area contributed by atoms with E-state index in [9.17, 15) is 0 Å². The Kier molecular flexibility index (Phi) is 4.32. The van der Waals surface area contributed by atoms with Crippen molar-refractivity contribution >= 4 is 11.3 Å². The molecular weight excluding hydrogens is 218 g/mol. The Morgan fingerprint density at radius 1 is 1.62 bits per heavy atom. The zero-order chi connectivity index (χ0) is 11.4. The van der Waals surface area contributed by atoms with Crippen molar-refractivity contribution < 1.29 is 0 Å². The third-order valence-electron chi connectivity index (χ3n) is 2.96. The molecule has 1 aromatic heterocycles. The van der Waals surface area contributed by atoms with Crippen LogP contribution in [-0.2, 0) is 12.8 Å². The molecule has 3 N–H and O–H groups in total. The highest BCUT2D eigenvalue weighted by Crippen LogP contribution is 2.17. The van der Waals surface area contributed by atoms with Crippen molar-refractivity contribution in [2.45, 2.75) is 51.1 Å². The Bertz CT molecular complexity index is 316. The molecule has 90 valence electrons. The van der Waals surface area contributed by atoms with Crippen LogP contribution in [0.5, 0.6) is 0 Å². The molecular formula is C12H21N3S. The monoisotopic (exact) mass is 239 g/mol. The molecule has 2 atom stereocenters. The fourth-order valence-electron chi connectivity index (χ4n) is 2.18. The van der Waals surface area contributed by atoms with Crippen LogP contribution < -0.4 is 11.1 Å². The van der Waals surface area contributed by atoms with Gasteiger partial charge in [-0.15, -0.1) is 11.3 Å². The summed E-state index contributed by atoms with van der Waals surface area (Å²) in [5.41, 5.74) is 6.93. The van der Waals surface area contributed by atoms with Gasteiger partial charge in [0, 0.05) is 30.3 Å². The molecule has 0 radical (unpaired) electrons. The standard InChI is InChI=1S/C12H21N3S/c1-9(13)6-11-8-16-12(15-11)7-10-4-2-3-5-14-10/h8-10,14H,2-7,13H2,1H3. The normalized spacial score (nSPS) is 23.2. The Morgan fingerprint density at radius 2 is 2.50 bits per heavy atom. The van der Waals surface area contributed by atoms with Crippen LogP contribution in [0.25, 0.3) is 0 Å². The largest absolute Gasteiger partial charge is 0.328 e. The van der Waals surface area contributed by atoms with Gasteiger partial charge in [0.25, 0.3) is 0 Å². The van der Waals surface area contributed by atoms with Gasteiger partial charge in [0.15, 0.2) is 0 Å². The quantitative estimate of drug-likeness (QED) is 0.841. The molecule has 1 aliphatic rings. The number of thiazole rings is 1. The van der Waals surface area contributed by atoms with E-state index in [0.717, 1.165) is 18.5 Å². The first-order chi connectivity index (χ1) is 7.74. The van der Waals surface area contributed by atoms with Crippen LogP contribution in [-0.4, -0.2) is 23.6 Å². The second-order valence-corrected chi connectivity index (χ2v) is 5.71. The zero-order valence-electron chi connectivity index (χ0n) is 9.91. The summed E-state index contributed by atoms with van der Waals surface area (Å²) < 4.78 is 0. The van der Waals surface area contributed by atoms with Gasteiger partial charge in [-0.05, 0) is 26.3 Å². The van der Waals surface area contributed by atoms with Gasteiger partial charge in [0.1, 0.15) is 0 Å². The molecule has 0 bridgehead atoms. The number of piperidine rings is 1. The summed E-state index contributed by atoms with van der Waals surface area (Å²) >= 11 is 1.78. The average molecular weight is 239 g/mol. The van der Waals surface area contributed by atoms with Crippen molar-refractivity contribution in [3.8, 4) is 0 Å². The molecule has 1 saturated heterocycles. The van der Waals surface area contributed by atoms with Crippen LogP contribution in [0.3, 0.4) is 0 Å². The van der Waals surface area contributed by atoms with Gasteiger partial charge >= 0.3 is 0 Å². The minimum Gasteiger partial charge on any atom is -0.328 e. The number of hydrogen-bond donors (Lipinski definition) is 2. The highest BCUT2D eigenvalue weighted by Gasteiger charge is 2.15. The minimum atomic E-state index is 0.211. The molecule has 2 heterocycles. The highest BCUT2D eigenvalue weighted by atomic mass is 32.1. The summed E-state index contributed by atoms with van der Waals surface area (Å²) in [7, 11) is 0. The van der Waals surface area contributed by atoms with Crippen LogP contribution in [0.15, 0.2) is 5.38 Å². The third kappa shape index (κ3) is 3.54. The lowest BCUT2D eigenvalue weighted by Crippen LogP contribution is -2.35. The molecule has 2 rings (SSSR count). The first-order valence-corrected chi connectivity index (χ1v) is 7.04. The SMILES string of the molecule is CC(N)Cc1csc(CC2CCCCN2)n1. The van der Waals surface area contributed by atoms with E-state index in [4.69, 9.17) is 5.73 Å². The molecule has 3 nitrogen and oxygen atoms in total. The smallest absolute Gasteiger partial charge is 0.0943 e. The van der Waals surface area contributed by atoms with Gasteiger partial charge < -0.3 is 11.1 Å². The molecule has 0 amide bonds. The van der Waals surface area contributed by atoms with Crippen LogP contribution >= 0.6 is 11.3 Å². The first-order valence-electron chi connectivity index (χ1n) is 6.16. The predicted octanol–water partition coefficient (Wildman–Crippen LogP) is 1.72. The summed E-state index contributed by atoms with van der Waals surface area (Å²) in [5.74, 6) is 0. The lowest BCUT2D eigenvalue weighted by molar-refractivity contribution is 0.399. The van der Waals surface area contributed by atoms with Crippen LogP contribution in [0.4, 0.5) is 0 Å². The summed E-state index contributed by atoms with van der Waals surface area (Å²) in [4.78, 5) is 4.64. The lowest BCUT2D eigenvalue weighted by Gasteiger charge is -2.22. The van der Waals surface area contributed by atoms with Crippen molar-refractivity contribution in [2.75, 3.05) is 6.54 Å². The molecule has 16 heavy (non-hydrogen) atoms. The van der Waals surface area contributed by atoms with Crippen molar-refractivity contribution in [3.05, 3.63) is 16.1 Å². The Labute approximate surface area is 101 Å². The Hall–Kier alpha value is -0.450. The highest BCUT2D eigenvalue weighted by molar-refractivity contribution is 7.09. The van der Waals surface area contributed by atoms with E-state index in [0.29, 0.717) is 6.04 Å². The topological polar surface area (TPSA) is 50.9 Å². The summed E-state index contributed by atoms with van der Waals surface area (Å²) in [6.07, 6.45) is 5.96. The maximum atomic E-state index is 5.77. The van der Waals surface area contributed by atoms with Gasteiger partial charge in [-0.1, -0.05) is 6.42 Å². The number of nitrogens with zero attached hydrogens (tertiary/aromatic N) is 1. The molecule has 1 aromatic rings. The van der Waals surface area contributed by atoms with Crippen molar-refractivity contribution in [1.82, 2.24) is 10.3 Å². The summed E-state index contributed by atoms with van der Waals surface area (Å²) in [5, 5.41) is 6.97. The number of aromatic nitrogens is 1. The van der Waals surface area contributed by atoms with E-state index >= 15 is 0 Å². The fraction of sp³-hybridized carbons (Fsp3) is 0.750. The minimum absolute atomic E-state index is 0.211. The van der Waals surface area contributed by atoms with Crippen molar-refractivity contribution in [3.63, 3.8) is 0 Å². The maximum absolute atomic E-state index is 5.77. The Morgan fingerprint density at radius 3 is 3.19 bits per heavy atom. The van der Waals surface area contributed by atoms with Gasteiger partial charge in [0.05, 0.1) is 10.7 Å². The Balaban J connectivity index is 1.86. The second-order valence-electron chi connectivity index (χ2n) is 4.76. The van der Waals surface area contributed by atoms with Crippen LogP contribution in [0.2, 0.25) is 0 Å². The maximum Gasteiger partial charge on any atom is 0.0943 e. The molecule has 0 aromatic carbocycles. The van der Waals surface area contributed by atoms with E-state index in [1.807, 2.05) is 6.92 Å². The van der Waals surface area contributed by atoms with E-state index in [1.54, 1.807) is 11.3 Å². The van der Waals surface area contributed by atoms with Gasteiger partial charge in [-0.2, -0.15) is 0 Å². The summed E-state index contributed by atoms with van der Waals surface area (Å²) in [6.45, 7) is 3.20. The number of nitrogens with two attached hydrogens (primary N) is 1. The zero-order valence-corrected chi connectivity index (χ0v) is 10.7. The van der Waals surface area contributed by atoms with Crippen molar-refractivity contribution in [1.29, 1.82) is 0 Å². The molecule has 0 spiro atoms. The third-order valence-corrected chi connectivity index (χ3v) is 3.88. The molecule has 0 aliphatic carbocycles. The number of rotatable bonds is 4. The number of nitrogens with one attached hydrogen (secondary N) is 1. The van der Waals surface area contributed by atoms with Gasteiger partial charge in [-0.25, -0.2) is 4.98 Å². The molecule has 0 saturated carbocycles. The van der Waals surface area contributed by atoms with E-state index in [1.165, 1.54) is 30.8 Å². The summed E-state index contributed by atoms with van der Waals surface area (Å²) in [6, 6.07) is 0.853. The van der Waals surface area contributed by atoms with Gasteiger partial charge in [0.2, 0.25) is 0 Å². The first kappa shape index (κ1) is 12.0. The van der Waals surface area contributed by atoms with Crippen LogP contribution in [0, 0.1) is 0 Å². The predicted molar refractivity (Wildman–Crippen MR) is 68.8 cm³/mol. The van der Waals surface area contributed by atoms with E-state index in [-0.39, 0.29) is 6.04 Å². The molecule has 1 fully saturated rings.